The van der Waals surface area contributed by atoms with Crippen LogP contribution in [0.15, 0.2) is 18.2 Å². The van der Waals surface area contributed by atoms with Gasteiger partial charge in [-0.1, -0.05) is 6.07 Å². The van der Waals surface area contributed by atoms with Crippen molar-refractivity contribution in [2.45, 2.75) is 31.0 Å². The van der Waals surface area contributed by atoms with Crippen LogP contribution in [0.3, 0.4) is 0 Å². The molecule has 1 aromatic rings. The van der Waals surface area contributed by atoms with Crippen LogP contribution in [0.2, 0.25) is 0 Å². The molecule has 0 aromatic carbocycles. The molecule has 2 rings (SSSR count). The average Bonchev–Trinajstić information content (AvgIpc) is 2.39. The number of nitrogens with zero attached hydrogens (tertiary/aromatic N) is 1. The summed E-state index contributed by atoms with van der Waals surface area (Å²) < 4.78 is 40.7. The number of aliphatic carboxylic acids is 1. The maximum absolute atomic E-state index is 12.1. The van der Waals surface area contributed by atoms with Crippen molar-refractivity contribution in [3.8, 4) is 5.88 Å². The molecule has 1 fully saturated rings. The minimum atomic E-state index is -4.51. The van der Waals surface area contributed by atoms with E-state index < -0.39 is 30.2 Å². The van der Waals surface area contributed by atoms with Crippen molar-refractivity contribution in [1.29, 1.82) is 0 Å². The monoisotopic (exact) mass is 318 g/mol. The molecule has 120 valence electrons. The van der Waals surface area contributed by atoms with Crippen LogP contribution in [0.4, 0.5) is 13.2 Å². The molecule has 0 radical (unpaired) electrons. The van der Waals surface area contributed by atoms with E-state index in [9.17, 15) is 22.8 Å². The summed E-state index contributed by atoms with van der Waals surface area (Å²) in [6.45, 7) is -1.52. The van der Waals surface area contributed by atoms with Crippen molar-refractivity contribution in [3.05, 3.63) is 23.9 Å². The Morgan fingerprint density at radius 2 is 2.05 bits per heavy atom. The fourth-order valence-corrected chi connectivity index (χ4v) is 1.98. The highest BCUT2D eigenvalue weighted by molar-refractivity contribution is 5.96. The van der Waals surface area contributed by atoms with Gasteiger partial charge >= 0.3 is 12.1 Å². The van der Waals surface area contributed by atoms with Gasteiger partial charge < -0.3 is 15.2 Å². The van der Waals surface area contributed by atoms with Crippen LogP contribution in [0.1, 0.15) is 29.8 Å². The zero-order chi connectivity index (χ0) is 16.4. The largest absolute Gasteiger partial charge is 0.480 e. The first-order chi connectivity index (χ1) is 10.2. The number of ether oxygens (including phenoxy) is 1. The van der Waals surface area contributed by atoms with Crippen molar-refractivity contribution in [3.63, 3.8) is 0 Å². The molecule has 1 aliphatic carbocycles. The molecule has 2 N–H and O–H groups in total. The Kier molecular flexibility index (Phi) is 4.25. The van der Waals surface area contributed by atoms with Gasteiger partial charge in [-0.15, -0.1) is 0 Å². The van der Waals surface area contributed by atoms with Gasteiger partial charge in [0.25, 0.3) is 5.91 Å². The SMILES string of the molecule is O=C(NC1(C(=O)O)CCC1)c1cccc(OCC(F)(F)F)n1. The second-order valence-electron chi connectivity index (χ2n) is 4.96. The number of halogens is 3. The van der Waals surface area contributed by atoms with E-state index in [2.05, 4.69) is 15.0 Å². The molecule has 0 bridgehead atoms. The highest BCUT2D eigenvalue weighted by atomic mass is 19.4. The zero-order valence-electron chi connectivity index (χ0n) is 11.3. The predicted octanol–water partition coefficient (Wildman–Crippen LogP) is 1.76. The topological polar surface area (TPSA) is 88.5 Å². The fourth-order valence-electron chi connectivity index (χ4n) is 1.98. The molecular weight excluding hydrogens is 305 g/mol. The van der Waals surface area contributed by atoms with Crippen molar-refractivity contribution in [2.24, 2.45) is 0 Å². The lowest BCUT2D eigenvalue weighted by Crippen LogP contribution is -2.59. The van der Waals surface area contributed by atoms with Gasteiger partial charge in [0.15, 0.2) is 6.61 Å². The standard InChI is InChI=1S/C13H13F3N2O4/c14-13(15,16)7-22-9-4-1-3-8(17-9)10(19)18-12(11(20)21)5-2-6-12/h1,3-4H,2,5-7H2,(H,18,19)(H,20,21). The molecule has 1 aromatic heterocycles. The van der Waals surface area contributed by atoms with Crippen LogP contribution in [0, 0.1) is 0 Å². The van der Waals surface area contributed by atoms with E-state index in [1.165, 1.54) is 18.2 Å². The first-order valence-corrected chi connectivity index (χ1v) is 6.44. The molecule has 1 heterocycles. The number of carbonyl (C=O) groups excluding carboxylic acids is 1. The van der Waals surface area contributed by atoms with Gasteiger partial charge in [0.1, 0.15) is 11.2 Å². The van der Waals surface area contributed by atoms with E-state index in [0.717, 1.165) is 0 Å². The number of carbonyl (C=O) groups is 2. The number of hydrogen-bond donors (Lipinski definition) is 2. The van der Waals surface area contributed by atoms with Crippen LogP contribution in [0.5, 0.6) is 5.88 Å². The number of rotatable bonds is 5. The summed E-state index contributed by atoms with van der Waals surface area (Å²) in [5.41, 5.74) is -1.52. The summed E-state index contributed by atoms with van der Waals surface area (Å²) in [4.78, 5) is 26.8. The maximum atomic E-state index is 12.1. The number of hydrogen-bond acceptors (Lipinski definition) is 4. The second kappa shape index (κ2) is 5.82. The first kappa shape index (κ1) is 16.1. The molecule has 1 saturated carbocycles. The van der Waals surface area contributed by atoms with Crippen LogP contribution < -0.4 is 10.1 Å². The zero-order valence-corrected chi connectivity index (χ0v) is 11.3. The summed E-state index contributed by atoms with van der Waals surface area (Å²) >= 11 is 0. The number of nitrogens with one attached hydrogen (secondary N) is 1. The van der Waals surface area contributed by atoms with Crippen molar-refractivity contribution in [2.75, 3.05) is 6.61 Å². The van der Waals surface area contributed by atoms with Crippen molar-refractivity contribution < 1.29 is 32.6 Å². The van der Waals surface area contributed by atoms with Crippen LogP contribution in [-0.4, -0.2) is 40.3 Å². The Bertz CT molecular complexity index is 585. The summed E-state index contributed by atoms with van der Waals surface area (Å²) in [6.07, 6.45) is -3.23. The smallest absolute Gasteiger partial charge is 0.422 e. The molecular formula is C13H13F3N2O4. The molecule has 0 aliphatic heterocycles. The normalized spacial score (nSPS) is 16.5. The number of carboxylic acids is 1. The Labute approximate surface area is 123 Å². The van der Waals surface area contributed by atoms with Gasteiger partial charge in [-0.3, -0.25) is 4.79 Å². The van der Waals surface area contributed by atoms with E-state index in [4.69, 9.17) is 5.11 Å². The third-order valence-corrected chi connectivity index (χ3v) is 3.31. The summed E-state index contributed by atoms with van der Waals surface area (Å²) in [5, 5.41) is 11.5. The number of pyridine rings is 1. The Morgan fingerprint density at radius 1 is 1.36 bits per heavy atom. The van der Waals surface area contributed by atoms with Crippen molar-refractivity contribution in [1.82, 2.24) is 10.3 Å². The van der Waals surface area contributed by atoms with E-state index in [0.29, 0.717) is 19.3 Å². The molecule has 6 nitrogen and oxygen atoms in total. The number of carboxylic acid groups (broad SMARTS) is 1. The van der Waals surface area contributed by atoms with Crippen LogP contribution in [0.25, 0.3) is 0 Å². The summed E-state index contributed by atoms with van der Waals surface area (Å²) in [7, 11) is 0. The molecule has 0 atom stereocenters. The van der Waals surface area contributed by atoms with Crippen LogP contribution >= 0.6 is 0 Å². The number of aromatic nitrogens is 1. The van der Waals surface area contributed by atoms with Gasteiger partial charge in [-0.25, -0.2) is 9.78 Å². The molecule has 0 unspecified atom stereocenters. The molecule has 0 saturated heterocycles. The lowest BCUT2D eigenvalue weighted by molar-refractivity contribution is -0.154. The third kappa shape index (κ3) is 3.66. The quantitative estimate of drug-likeness (QED) is 0.863. The van der Waals surface area contributed by atoms with Gasteiger partial charge in [-0.05, 0) is 25.3 Å². The maximum Gasteiger partial charge on any atom is 0.422 e. The molecule has 1 amide bonds. The molecule has 0 spiro atoms. The highest BCUT2D eigenvalue weighted by Gasteiger charge is 2.46. The number of alkyl halides is 3. The highest BCUT2D eigenvalue weighted by Crippen LogP contribution is 2.32. The second-order valence-corrected chi connectivity index (χ2v) is 4.96. The molecule has 22 heavy (non-hydrogen) atoms. The Balaban J connectivity index is 2.05. The summed E-state index contributed by atoms with van der Waals surface area (Å²) in [5.74, 6) is -2.26. The minimum Gasteiger partial charge on any atom is -0.480 e. The predicted molar refractivity (Wildman–Crippen MR) is 67.5 cm³/mol. The van der Waals surface area contributed by atoms with Crippen molar-refractivity contribution >= 4 is 11.9 Å². The summed E-state index contributed by atoms with van der Waals surface area (Å²) in [6, 6.07) is 3.75. The number of amides is 1. The van der Waals surface area contributed by atoms with E-state index in [1.54, 1.807) is 0 Å². The minimum absolute atomic E-state index is 0.202. The lowest BCUT2D eigenvalue weighted by Gasteiger charge is -2.38. The third-order valence-electron chi connectivity index (χ3n) is 3.31. The van der Waals surface area contributed by atoms with Gasteiger partial charge in [-0.2, -0.15) is 13.2 Å². The fraction of sp³-hybridized carbons (Fsp3) is 0.462. The Morgan fingerprint density at radius 3 is 2.55 bits per heavy atom. The molecule has 1 aliphatic rings. The van der Waals surface area contributed by atoms with Gasteiger partial charge in [0.2, 0.25) is 5.88 Å². The molecule has 9 heteroatoms. The van der Waals surface area contributed by atoms with E-state index in [1.807, 2.05) is 0 Å². The van der Waals surface area contributed by atoms with Crippen LogP contribution in [-0.2, 0) is 4.79 Å². The van der Waals surface area contributed by atoms with Gasteiger partial charge in [0.05, 0.1) is 0 Å². The van der Waals surface area contributed by atoms with E-state index in [-0.39, 0.29) is 11.6 Å². The van der Waals surface area contributed by atoms with Gasteiger partial charge in [0, 0.05) is 6.07 Å². The first-order valence-electron chi connectivity index (χ1n) is 6.44. The van der Waals surface area contributed by atoms with E-state index >= 15 is 0 Å². The average molecular weight is 318 g/mol. The lowest BCUT2D eigenvalue weighted by atomic mass is 9.76. The Hall–Kier alpha value is -2.32.